The summed E-state index contributed by atoms with van der Waals surface area (Å²) < 4.78 is 0. The predicted octanol–water partition coefficient (Wildman–Crippen LogP) is 2.37. The molecule has 0 aliphatic heterocycles. The maximum absolute atomic E-state index is 11.2. The van der Waals surface area contributed by atoms with Gasteiger partial charge in [0.25, 0.3) is 0 Å². The lowest BCUT2D eigenvalue weighted by Gasteiger charge is -2.24. The summed E-state index contributed by atoms with van der Waals surface area (Å²) in [5, 5.41) is 9.33. The maximum atomic E-state index is 11.2. The van der Waals surface area contributed by atoms with Gasteiger partial charge in [0, 0.05) is 11.4 Å². The van der Waals surface area contributed by atoms with Gasteiger partial charge in [0.05, 0.1) is 17.8 Å². The van der Waals surface area contributed by atoms with Gasteiger partial charge in [0.2, 0.25) is 5.91 Å². The zero-order chi connectivity index (χ0) is 14.3. The molecule has 1 aromatic carbocycles. The van der Waals surface area contributed by atoms with Gasteiger partial charge in [-0.1, -0.05) is 19.4 Å². The second-order valence-electron chi connectivity index (χ2n) is 4.21. The van der Waals surface area contributed by atoms with Crippen molar-refractivity contribution in [3.63, 3.8) is 0 Å². The Labute approximate surface area is 118 Å². The van der Waals surface area contributed by atoms with Crippen molar-refractivity contribution in [2.45, 2.75) is 24.7 Å². The Morgan fingerprint density at radius 1 is 1.53 bits per heavy atom. The normalized spacial score (nSPS) is 9.95. The van der Waals surface area contributed by atoms with Gasteiger partial charge in [-0.3, -0.25) is 4.79 Å². The Morgan fingerprint density at radius 3 is 2.79 bits per heavy atom. The minimum Gasteiger partial charge on any atom is -0.368 e. The average molecular weight is 277 g/mol. The molecule has 0 atom stereocenters. The van der Waals surface area contributed by atoms with Crippen molar-refractivity contribution in [2.24, 2.45) is 5.73 Å². The number of hydrogen-bond donors (Lipinski definition) is 1. The molecule has 5 heteroatoms. The van der Waals surface area contributed by atoms with E-state index >= 15 is 0 Å². The van der Waals surface area contributed by atoms with Crippen LogP contribution in [0.3, 0.4) is 0 Å². The maximum Gasteiger partial charge on any atom is 0.236 e. The first-order valence-corrected chi connectivity index (χ1v) is 7.46. The number of nitrogens with zero attached hydrogens (tertiary/aromatic N) is 2. The summed E-state index contributed by atoms with van der Waals surface area (Å²) >= 11 is 1.53. The van der Waals surface area contributed by atoms with Gasteiger partial charge in [0.1, 0.15) is 6.07 Å². The van der Waals surface area contributed by atoms with Crippen LogP contribution in [0, 0.1) is 11.3 Å². The molecule has 1 rings (SSSR count). The molecule has 0 radical (unpaired) electrons. The van der Waals surface area contributed by atoms with Crippen LogP contribution in [0.15, 0.2) is 23.1 Å². The Morgan fingerprint density at radius 2 is 2.26 bits per heavy atom. The lowest BCUT2D eigenvalue weighted by Crippen LogP contribution is -2.35. The van der Waals surface area contributed by atoms with E-state index in [1.165, 1.54) is 11.8 Å². The van der Waals surface area contributed by atoms with E-state index in [1.54, 1.807) is 0 Å². The molecule has 19 heavy (non-hydrogen) atoms. The van der Waals surface area contributed by atoms with Crippen LogP contribution < -0.4 is 10.6 Å². The molecule has 0 unspecified atom stereocenters. The van der Waals surface area contributed by atoms with E-state index in [-0.39, 0.29) is 12.5 Å². The third-order valence-electron chi connectivity index (χ3n) is 2.80. The smallest absolute Gasteiger partial charge is 0.236 e. The molecule has 1 aromatic rings. The van der Waals surface area contributed by atoms with Gasteiger partial charge in [-0.2, -0.15) is 5.26 Å². The van der Waals surface area contributed by atoms with Crippen LogP contribution in [-0.2, 0) is 4.79 Å². The lowest BCUT2D eigenvalue weighted by molar-refractivity contribution is -0.116. The number of rotatable bonds is 7. The van der Waals surface area contributed by atoms with Crippen LogP contribution in [-0.4, -0.2) is 25.3 Å². The summed E-state index contributed by atoms with van der Waals surface area (Å²) in [6.07, 6.45) is 3.92. The Hall–Kier alpha value is -1.67. The van der Waals surface area contributed by atoms with Crippen molar-refractivity contribution < 1.29 is 4.79 Å². The molecule has 0 heterocycles. The molecule has 0 aliphatic rings. The first-order valence-electron chi connectivity index (χ1n) is 6.24. The second kappa shape index (κ2) is 7.70. The van der Waals surface area contributed by atoms with Crippen molar-refractivity contribution in [3.8, 4) is 6.07 Å². The molecule has 2 N–H and O–H groups in total. The Bertz CT molecular complexity index is 482. The van der Waals surface area contributed by atoms with Gasteiger partial charge in [-0.05, 0) is 24.8 Å². The zero-order valence-electron chi connectivity index (χ0n) is 11.3. The largest absolute Gasteiger partial charge is 0.368 e. The molecule has 0 fully saturated rings. The summed E-state index contributed by atoms with van der Waals surface area (Å²) in [4.78, 5) is 14.0. The van der Waals surface area contributed by atoms with E-state index in [2.05, 4.69) is 13.0 Å². The van der Waals surface area contributed by atoms with Gasteiger partial charge >= 0.3 is 0 Å². The standard InChI is InChI=1S/C14H19N3OS/c1-3-4-8-17(10-14(16)18)12-6-5-7-13(19-2)11(12)9-15/h5-7H,3-4,8,10H2,1-2H3,(H2,16,18). The van der Waals surface area contributed by atoms with Gasteiger partial charge in [0.15, 0.2) is 0 Å². The predicted molar refractivity (Wildman–Crippen MR) is 79.3 cm³/mol. The van der Waals surface area contributed by atoms with Crippen molar-refractivity contribution in [2.75, 3.05) is 24.2 Å². The third kappa shape index (κ3) is 4.18. The van der Waals surface area contributed by atoms with E-state index in [9.17, 15) is 10.1 Å². The van der Waals surface area contributed by atoms with Gasteiger partial charge in [-0.25, -0.2) is 0 Å². The highest BCUT2D eigenvalue weighted by atomic mass is 32.2. The number of primary amides is 1. The molecular weight excluding hydrogens is 258 g/mol. The number of benzene rings is 1. The minimum atomic E-state index is -0.380. The van der Waals surface area contributed by atoms with Crippen LogP contribution in [0.2, 0.25) is 0 Å². The number of hydrogen-bond acceptors (Lipinski definition) is 4. The van der Waals surface area contributed by atoms with Crippen molar-refractivity contribution in [1.82, 2.24) is 0 Å². The average Bonchev–Trinajstić information content (AvgIpc) is 2.41. The molecule has 0 saturated heterocycles. The molecule has 0 aliphatic carbocycles. The van der Waals surface area contributed by atoms with E-state index in [4.69, 9.17) is 5.73 Å². The van der Waals surface area contributed by atoms with Gasteiger partial charge < -0.3 is 10.6 Å². The quantitative estimate of drug-likeness (QED) is 0.777. The van der Waals surface area contributed by atoms with Crippen LogP contribution in [0.1, 0.15) is 25.3 Å². The van der Waals surface area contributed by atoms with Crippen molar-refractivity contribution in [1.29, 1.82) is 5.26 Å². The first kappa shape index (κ1) is 15.4. The van der Waals surface area contributed by atoms with Gasteiger partial charge in [-0.15, -0.1) is 11.8 Å². The number of nitrogens with two attached hydrogens (primary N) is 1. The molecule has 0 aromatic heterocycles. The molecular formula is C14H19N3OS. The van der Waals surface area contributed by atoms with E-state index in [1.807, 2.05) is 29.4 Å². The molecule has 4 nitrogen and oxygen atoms in total. The third-order valence-corrected chi connectivity index (χ3v) is 3.58. The Kier molecular flexibility index (Phi) is 6.23. The van der Waals surface area contributed by atoms with E-state index in [0.29, 0.717) is 5.56 Å². The SMILES string of the molecule is CCCCN(CC(N)=O)c1cccc(SC)c1C#N. The fourth-order valence-electron chi connectivity index (χ4n) is 1.89. The number of carbonyl (C=O) groups excluding carboxylic acids is 1. The zero-order valence-corrected chi connectivity index (χ0v) is 12.2. The van der Waals surface area contributed by atoms with E-state index in [0.717, 1.165) is 30.0 Å². The molecule has 1 amide bonds. The molecule has 0 bridgehead atoms. The summed E-state index contributed by atoms with van der Waals surface area (Å²) in [7, 11) is 0. The fourth-order valence-corrected chi connectivity index (χ4v) is 2.46. The molecule has 0 saturated carbocycles. The lowest BCUT2D eigenvalue weighted by atomic mass is 10.1. The minimum absolute atomic E-state index is 0.145. The highest BCUT2D eigenvalue weighted by Crippen LogP contribution is 2.29. The van der Waals surface area contributed by atoms with Crippen molar-refractivity contribution >= 4 is 23.4 Å². The number of amides is 1. The number of thioether (sulfide) groups is 1. The second-order valence-corrected chi connectivity index (χ2v) is 5.06. The topological polar surface area (TPSA) is 70.1 Å². The fraction of sp³-hybridized carbons (Fsp3) is 0.429. The monoisotopic (exact) mass is 277 g/mol. The summed E-state index contributed by atoms with van der Waals surface area (Å²) in [5.74, 6) is -0.380. The Balaban J connectivity index is 3.13. The summed E-state index contributed by atoms with van der Waals surface area (Å²) in [6, 6.07) is 7.92. The number of unbranched alkanes of at least 4 members (excludes halogenated alkanes) is 1. The number of nitriles is 1. The summed E-state index contributed by atoms with van der Waals surface area (Å²) in [6.45, 7) is 2.96. The molecule has 0 spiro atoms. The first-order chi connectivity index (χ1) is 9.13. The van der Waals surface area contributed by atoms with E-state index < -0.39 is 0 Å². The molecule has 102 valence electrons. The number of anilines is 1. The van der Waals surface area contributed by atoms with Crippen LogP contribution >= 0.6 is 11.8 Å². The number of carbonyl (C=O) groups is 1. The van der Waals surface area contributed by atoms with Crippen LogP contribution in [0.5, 0.6) is 0 Å². The van der Waals surface area contributed by atoms with Crippen LogP contribution in [0.25, 0.3) is 0 Å². The highest BCUT2D eigenvalue weighted by Gasteiger charge is 2.15. The summed E-state index contributed by atoms with van der Waals surface area (Å²) in [5.41, 5.74) is 6.71. The van der Waals surface area contributed by atoms with Crippen molar-refractivity contribution in [3.05, 3.63) is 23.8 Å². The highest BCUT2D eigenvalue weighted by molar-refractivity contribution is 7.98. The van der Waals surface area contributed by atoms with Crippen LogP contribution in [0.4, 0.5) is 5.69 Å².